The first kappa shape index (κ1) is 18.1. The summed E-state index contributed by atoms with van der Waals surface area (Å²) in [6.07, 6.45) is 0.186. The molecule has 3 rings (SSSR count). The van der Waals surface area contributed by atoms with E-state index in [9.17, 15) is 22.4 Å². The molecule has 2 heterocycles. The Labute approximate surface area is 149 Å². The first-order valence-corrected chi connectivity index (χ1v) is 9.48. The van der Waals surface area contributed by atoms with Crippen molar-refractivity contribution in [1.29, 1.82) is 0 Å². The monoisotopic (exact) mass is 389 g/mol. The van der Waals surface area contributed by atoms with Crippen LogP contribution in [0.25, 0.3) is 0 Å². The van der Waals surface area contributed by atoms with Crippen LogP contribution < -0.4 is 4.72 Å². The number of sulfonamides is 1. The van der Waals surface area contributed by atoms with Crippen molar-refractivity contribution in [1.82, 2.24) is 14.5 Å². The SMILES string of the molecule is Cc1cc(S(=O)(=O)N[C@@H]2C[C@H]3C(=O)N(C)CC(=O)N3C2)c(Cl)cc1F. The van der Waals surface area contributed by atoms with Crippen LogP contribution in [-0.2, 0) is 19.6 Å². The van der Waals surface area contributed by atoms with Gasteiger partial charge in [0.2, 0.25) is 21.8 Å². The molecule has 136 valence electrons. The molecule has 0 radical (unpaired) electrons. The van der Waals surface area contributed by atoms with Gasteiger partial charge in [-0.15, -0.1) is 0 Å². The zero-order valence-electron chi connectivity index (χ0n) is 13.6. The first-order valence-electron chi connectivity index (χ1n) is 7.62. The fraction of sp³-hybridized carbons (Fsp3) is 0.467. The summed E-state index contributed by atoms with van der Waals surface area (Å²) in [6.45, 7) is 1.53. The molecule has 0 saturated carbocycles. The summed E-state index contributed by atoms with van der Waals surface area (Å²) in [6, 6.07) is 0.831. The van der Waals surface area contributed by atoms with Gasteiger partial charge in [-0.1, -0.05) is 11.6 Å². The lowest BCUT2D eigenvalue weighted by Gasteiger charge is -2.33. The van der Waals surface area contributed by atoms with Crippen molar-refractivity contribution in [2.75, 3.05) is 20.1 Å². The van der Waals surface area contributed by atoms with Gasteiger partial charge in [-0.25, -0.2) is 17.5 Å². The molecule has 2 atom stereocenters. The third-order valence-electron chi connectivity index (χ3n) is 4.48. The maximum Gasteiger partial charge on any atom is 0.245 e. The van der Waals surface area contributed by atoms with Crippen LogP contribution in [0.2, 0.25) is 5.02 Å². The molecule has 2 aliphatic rings. The smallest absolute Gasteiger partial charge is 0.245 e. The van der Waals surface area contributed by atoms with Crippen LogP contribution in [0, 0.1) is 12.7 Å². The van der Waals surface area contributed by atoms with E-state index in [1.807, 2.05) is 0 Å². The molecule has 2 amide bonds. The third-order valence-corrected chi connectivity index (χ3v) is 6.46. The van der Waals surface area contributed by atoms with Crippen molar-refractivity contribution in [2.45, 2.75) is 30.3 Å². The number of fused-ring (bicyclic) bond motifs is 1. The van der Waals surface area contributed by atoms with E-state index in [1.165, 1.54) is 23.8 Å². The largest absolute Gasteiger partial charge is 0.335 e. The van der Waals surface area contributed by atoms with E-state index in [0.29, 0.717) is 0 Å². The number of carbonyl (C=O) groups is 2. The summed E-state index contributed by atoms with van der Waals surface area (Å²) in [5.41, 5.74) is 0.153. The highest BCUT2D eigenvalue weighted by Crippen LogP contribution is 2.28. The second-order valence-corrected chi connectivity index (χ2v) is 8.43. The third kappa shape index (κ3) is 3.23. The number of amides is 2. The van der Waals surface area contributed by atoms with E-state index < -0.39 is 27.9 Å². The minimum Gasteiger partial charge on any atom is -0.335 e. The number of hydrogen-bond acceptors (Lipinski definition) is 4. The van der Waals surface area contributed by atoms with Gasteiger partial charge in [0.25, 0.3) is 0 Å². The lowest BCUT2D eigenvalue weighted by molar-refractivity contribution is -0.152. The summed E-state index contributed by atoms with van der Waals surface area (Å²) >= 11 is 5.87. The Hall–Kier alpha value is -1.71. The molecule has 2 aliphatic heterocycles. The Balaban J connectivity index is 1.82. The Morgan fingerprint density at radius 1 is 1.32 bits per heavy atom. The second-order valence-electron chi connectivity index (χ2n) is 6.34. The van der Waals surface area contributed by atoms with Gasteiger partial charge >= 0.3 is 0 Å². The van der Waals surface area contributed by atoms with E-state index in [1.54, 1.807) is 0 Å². The zero-order chi connectivity index (χ0) is 18.5. The fourth-order valence-corrected chi connectivity index (χ4v) is 5.02. The fourth-order valence-electron chi connectivity index (χ4n) is 3.18. The zero-order valence-corrected chi connectivity index (χ0v) is 15.2. The molecular weight excluding hydrogens is 373 g/mol. The molecule has 10 heteroatoms. The molecule has 0 spiro atoms. The van der Waals surface area contributed by atoms with Gasteiger partial charge in [0.15, 0.2) is 0 Å². The van der Waals surface area contributed by atoms with Gasteiger partial charge in [0, 0.05) is 19.6 Å². The molecular formula is C15H17ClFN3O4S. The van der Waals surface area contributed by atoms with Crippen molar-refractivity contribution in [3.8, 4) is 0 Å². The molecule has 2 saturated heterocycles. The van der Waals surface area contributed by atoms with Crippen molar-refractivity contribution < 1.29 is 22.4 Å². The van der Waals surface area contributed by atoms with Crippen molar-refractivity contribution in [3.05, 3.63) is 28.5 Å². The Morgan fingerprint density at radius 2 is 2.00 bits per heavy atom. The van der Waals surface area contributed by atoms with Gasteiger partial charge in [0.05, 0.1) is 11.6 Å². The van der Waals surface area contributed by atoms with E-state index in [2.05, 4.69) is 4.72 Å². The Morgan fingerprint density at radius 3 is 2.68 bits per heavy atom. The highest BCUT2D eigenvalue weighted by Gasteiger charge is 2.45. The van der Waals surface area contributed by atoms with Crippen LogP contribution in [0.5, 0.6) is 0 Å². The second kappa shape index (κ2) is 6.22. The van der Waals surface area contributed by atoms with E-state index in [0.717, 1.165) is 12.1 Å². The Bertz CT molecular complexity index is 861. The highest BCUT2D eigenvalue weighted by molar-refractivity contribution is 7.89. The van der Waals surface area contributed by atoms with Gasteiger partial charge in [-0.2, -0.15) is 0 Å². The molecule has 25 heavy (non-hydrogen) atoms. The number of likely N-dealkylation sites (N-methyl/N-ethyl adjacent to an activating group) is 1. The van der Waals surface area contributed by atoms with Gasteiger partial charge in [0.1, 0.15) is 16.8 Å². The number of rotatable bonds is 3. The number of carbonyl (C=O) groups excluding carboxylic acids is 2. The van der Waals surface area contributed by atoms with E-state index in [-0.39, 0.29) is 46.8 Å². The van der Waals surface area contributed by atoms with Crippen molar-refractivity contribution >= 4 is 33.4 Å². The van der Waals surface area contributed by atoms with Crippen LogP contribution in [0.3, 0.4) is 0 Å². The van der Waals surface area contributed by atoms with E-state index >= 15 is 0 Å². The molecule has 2 fully saturated rings. The first-order chi connectivity index (χ1) is 11.6. The minimum atomic E-state index is -4.02. The van der Waals surface area contributed by atoms with Crippen molar-refractivity contribution in [3.63, 3.8) is 0 Å². The Kier molecular flexibility index (Phi) is 4.50. The number of piperazine rings is 1. The van der Waals surface area contributed by atoms with Crippen molar-refractivity contribution in [2.24, 2.45) is 0 Å². The van der Waals surface area contributed by atoms with Crippen LogP contribution in [0.15, 0.2) is 17.0 Å². The molecule has 7 nitrogen and oxygen atoms in total. The topological polar surface area (TPSA) is 86.8 Å². The molecule has 0 aliphatic carbocycles. The summed E-state index contributed by atoms with van der Waals surface area (Å²) in [7, 11) is -2.48. The maximum atomic E-state index is 13.5. The standard InChI is InChI=1S/C15H17ClFN3O4S/c1-8-3-13(10(16)5-11(8)17)25(23,24)18-9-4-12-15(22)19(2)7-14(21)20(12)6-9/h3,5,9,12,18H,4,6-7H2,1-2H3/t9-,12+/m1/s1. The molecule has 1 aromatic rings. The van der Waals surface area contributed by atoms with Gasteiger partial charge in [-0.05, 0) is 31.0 Å². The summed E-state index contributed by atoms with van der Waals surface area (Å²) in [5, 5.41) is -0.224. The summed E-state index contributed by atoms with van der Waals surface area (Å²) in [4.78, 5) is 26.7. The van der Waals surface area contributed by atoms with Gasteiger partial charge in [-0.3, -0.25) is 9.59 Å². The minimum absolute atomic E-state index is 0.0161. The quantitative estimate of drug-likeness (QED) is 0.816. The average molecular weight is 390 g/mol. The number of benzene rings is 1. The van der Waals surface area contributed by atoms with Crippen LogP contribution in [0.1, 0.15) is 12.0 Å². The van der Waals surface area contributed by atoms with E-state index in [4.69, 9.17) is 11.6 Å². The molecule has 0 aromatic heterocycles. The molecule has 0 bridgehead atoms. The predicted octanol–water partition coefficient (Wildman–Crippen LogP) is 0.507. The highest BCUT2D eigenvalue weighted by atomic mass is 35.5. The van der Waals surface area contributed by atoms with Gasteiger partial charge < -0.3 is 9.80 Å². The molecule has 1 aromatic carbocycles. The van der Waals surface area contributed by atoms with Crippen LogP contribution in [0.4, 0.5) is 4.39 Å². The lowest BCUT2D eigenvalue weighted by atomic mass is 10.1. The van der Waals surface area contributed by atoms with Crippen LogP contribution >= 0.6 is 11.6 Å². The summed E-state index contributed by atoms with van der Waals surface area (Å²) in [5.74, 6) is -1.03. The number of hydrogen-bond donors (Lipinski definition) is 1. The predicted molar refractivity (Wildman–Crippen MR) is 88.0 cm³/mol. The maximum absolute atomic E-state index is 13.5. The number of nitrogens with zero attached hydrogens (tertiary/aromatic N) is 2. The van der Waals surface area contributed by atoms with Crippen LogP contribution in [-0.4, -0.2) is 62.3 Å². The summed E-state index contributed by atoms with van der Waals surface area (Å²) < 4.78 is 41.1. The number of aryl methyl sites for hydroxylation is 1. The lowest BCUT2D eigenvalue weighted by Crippen LogP contribution is -2.55. The number of nitrogens with one attached hydrogen (secondary N) is 1. The average Bonchev–Trinajstić information content (AvgIpc) is 2.92. The number of halogens is 2. The normalized spacial score (nSPS) is 24.0. The molecule has 0 unspecified atom stereocenters. The molecule has 1 N–H and O–H groups in total.